The number of likely N-dealkylation sites (N-methyl/N-ethyl adjacent to an activating group) is 1. The maximum absolute atomic E-state index is 5.61. The highest BCUT2D eigenvalue weighted by atomic mass is 16.5. The third-order valence-electron chi connectivity index (χ3n) is 6.98. The van der Waals surface area contributed by atoms with Crippen LogP contribution in [0.1, 0.15) is 22.3 Å². The van der Waals surface area contributed by atoms with Crippen molar-refractivity contribution in [1.29, 1.82) is 0 Å². The molecule has 0 amide bonds. The molecule has 3 aromatic heterocycles. The minimum atomic E-state index is 0.561. The highest BCUT2D eigenvalue weighted by molar-refractivity contribution is 5.58. The lowest BCUT2D eigenvalue weighted by molar-refractivity contribution is 0.245. The number of aromatic nitrogens is 4. The lowest BCUT2D eigenvalue weighted by atomic mass is 9.99. The number of benzene rings is 2. The van der Waals surface area contributed by atoms with Crippen LogP contribution in [0, 0.1) is 0 Å². The molecule has 1 aliphatic rings. The molecule has 8 heteroatoms. The van der Waals surface area contributed by atoms with Crippen molar-refractivity contribution < 1.29 is 9.15 Å². The molecule has 0 saturated heterocycles. The number of furan rings is 1. The minimum Gasteiger partial charge on any atom is -0.497 e. The molecule has 1 aliphatic heterocycles. The lowest BCUT2D eigenvalue weighted by Crippen LogP contribution is -2.30. The van der Waals surface area contributed by atoms with Crippen LogP contribution in [0.25, 0.3) is 17.2 Å². The molecule has 0 aliphatic carbocycles. The van der Waals surface area contributed by atoms with Gasteiger partial charge in [-0.3, -0.25) is 4.90 Å². The normalized spacial score (nSPS) is 13.6. The largest absolute Gasteiger partial charge is 0.497 e. The van der Waals surface area contributed by atoms with Gasteiger partial charge in [-0.05, 0) is 53.8 Å². The topological polar surface area (TPSA) is 71.9 Å². The molecule has 2 aromatic carbocycles. The van der Waals surface area contributed by atoms with Crippen molar-refractivity contribution in [3.8, 4) is 17.3 Å². The quantitative estimate of drug-likeness (QED) is 0.311. The first-order valence-corrected chi connectivity index (χ1v) is 12.6. The predicted molar refractivity (Wildman–Crippen MR) is 143 cm³/mol. The third-order valence-corrected chi connectivity index (χ3v) is 6.98. The van der Waals surface area contributed by atoms with E-state index < -0.39 is 0 Å². The van der Waals surface area contributed by atoms with Gasteiger partial charge < -0.3 is 14.1 Å². The second kappa shape index (κ2) is 10.1. The highest BCUT2D eigenvalue weighted by Crippen LogP contribution is 2.27. The Balaban J connectivity index is 1.30. The van der Waals surface area contributed by atoms with Crippen LogP contribution in [-0.2, 0) is 25.9 Å². The van der Waals surface area contributed by atoms with Crippen molar-refractivity contribution in [2.24, 2.45) is 0 Å². The summed E-state index contributed by atoms with van der Waals surface area (Å²) in [6.07, 6.45) is 5.52. The first-order valence-electron chi connectivity index (χ1n) is 12.6. The molecule has 6 rings (SSSR count). The molecule has 0 atom stereocenters. The summed E-state index contributed by atoms with van der Waals surface area (Å²) in [5.74, 6) is 2.86. The molecule has 5 aromatic rings. The highest BCUT2D eigenvalue weighted by Gasteiger charge is 2.22. The molecular formula is C29H30N6O2. The summed E-state index contributed by atoms with van der Waals surface area (Å²) < 4.78 is 12.9. The van der Waals surface area contributed by atoms with Crippen LogP contribution in [0.3, 0.4) is 0 Å². The van der Waals surface area contributed by atoms with E-state index in [1.165, 1.54) is 16.7 Å². The fourth-order valence-electron chi connectivity index (χ4n) is 4.93. The van der Waals surface area contributed by atoms with E-state index in [0.717, 1.165) is 61.9 Å². The van der Waals surface area contributed by atoms with Crippen molar-refractivity contribution in [1.82, 2.24) is 24.5 Å². The molecule has 0 unspecified atom stereocenters. The van der Waals surface area contributed by atoms with Gasteiger partial charge in [-0.25, -0.2) is 9.97 Å². The Labute approximate surface area is 216 Å². The number of fused-ring (bicyclic) bond motifs is 2. The number of methoxy groups -OCH3 is 1. The summed E-state index contributed by atoms with van der Waals surface area (Å²) in [6.45, 7) is 3.38. The van der Waals surface area contributed by atoms with Crippen LogP contribution in [0.15, 0.2) is 77.5 Å². The Bertz CT molecular complexity index is 1500. The Morgan fingerprint density at radius 3 is 2.76 bits per heavy atom. The average molecular weight is 495 g/mol. The van der Waals surface area contributed by atoms with Crippen LogP contribution < -0.4 is 9.64 Å². The van der Waals surface area contributed by atoms with Crippen molar-refractivity contribution in [2.75, 3.05) is 32.1 Å². The number of ether oxygens (including phenoxy) is 1. The zero-order valence-corrected chi connectivity index (χ0v) is 21.2. The summed E-state index contributed by atoms with van der Waals surface area (Å²) >= 11 is 0. The summed E-state index contributed by atoms with van der Waals surface area (Å²) in [5, 5.41) is 4.82. The second-order valence-electron chi connectivity index (χ2n) is 9.48. The molecule has 188 valence electrons. The molecule has 0 bridgehead atoms. The van der Waals surface area contributed by atoms with Gasteiger partial charge in [0.05, 0.1) is 13.4 Å². The van der Waals surface area contributed by atoms with E-state index in [9.17, 15) is 0 Å². The Morgan fingerprint density at radius 2 is 1.95 bits per heavy atom. The first kappa shape index (κ1) is 23.2. The second-order valence-corrected chi connectivity index (χ2v) is 9.48. The maximum atomic E-state index is 5.61. The molecule has 4 heterocycles. The summed E-state index contributed by atoms with van der Waals surface area (Å²) in [6, 6.07) is 20.6. The maximum Gasteiger partial charge on any atom is 0.228 e. The molecule has 0 spiro atoms. The Hall–Kier alpha value is -4.17. The van der Waals surface area contributed by atoms with Crippen LogP contribution in [0.5, 0.6) is 5.75 Å². The number of hydrogen-bond acceptors (Lipinski definition) is 7. The smallest absolute Gasteiger partial charge is 0.228 e. The molecule has 37 heavy (non-hydrogen) atoms. The molecule has 0 fully saturated rings. The van der Waals surface area contributed by atoms with Crippen LogP contribution >= 0.6 is 0 Å². The Morgan fingerprint density at radius 1 is 1.05 bits per heavy atom. The van der Waals surface area contributed by atoms with Gasteiger partial charge in [-0.15, -0.1) is 5.10 Å². The van der Waals surface area contributed by atoms with Crippen LogP contribution in [0.2, 0.25) is 0 Å². The number of hydrogen-bond donors (Lipinski definition) is 0. The average Bonchev–Trinajstić information content (AvgIpc) is 3.63. The van der Waals surface area contributed by atoms with E-state index in [1.807, 2.05) is 42.0 Å². The van der Waals surface area contributed by atoms with E-state index in [-0.39, 0.29) is 0 Å². The van der Waals surface area contributed by atoms with Crippen molar-refractivity contribution in [2.45, 2.75) is 25.9 Å². The monoisotopic (exact) mass is 494 g/mol. The summed E-state index contributed by atoms with van der Waals surface area (Å²) in [4.78, 5) is 14.3. The predicted octanol–water partition coefficient (Wildman–Crippen LogP) is 4.63. The zero-order chi connectivity index (χ0) is 25.2. The number of rotatable bonds is 8. The summed E-state index contributed by atoms with van der Waals surface area (Å²) in [7, 11) is 3.76. The number of nitrogens with zero attached hydrogens (tertiary/aromatic N) is 6. The van der Waals surface area contributed by atoms with Gasteiger partial charge in [-0.2, -0.15) is 4.52 Å². The lowest BCUT2D eigenvalue weighted by Gasteiger charge is -2.29. The van der Waals surface area contributed by atoms with Gasteiger partial charge in [0.15, 0.2) is 11.4 Å². The minimum absolute atomic E-state index is 0.561. The molecule has 0 N–H and O–H groups in total. The zero-order valence-electron chi connectivity index (χ0n) is 21.2. The fraction of sp³-hybridized carbons (Fsp3) is 0.276. The van der Waals surface area contributed by atoms with Crippen molar-refractivity contribution >= 4 is 11.6 Å². The summed E-state index contributed by atoms with van der Waals surface area (Å²) in [5.41, 5.74) is 5.83. The Kier molecular flexibility index (Phi) is 6.32. The van der Waals surface area contributed by atoms with Gasteiger partial charge in [0.25, 0.3) is 0 Å². The van der Waals surface area contributed by atoms with Crippen LogP contribution in [0.4, 0.5) is 5.95 Å². The fourth-order valence-corrected chi connectivity index (χ4v) is 4.93. The van der Waals surface area contributed by atoms with E-state index in [0.29, 0.717) is 11.6 Å². The molecule has 0 saturated carbocycles. The van der Waals surface area contributed by atoms with Gasteiger partial charge >= 0.3 is 0 Å². The van der Waals surface area contributed by atoms with Crippen LogP contribution in [-0.4, -0.2) is 51.7 Å². The van der Waals surface area contributed by atoms with Crippen molar-refractivity contribution in [3.05, 3.63) is 95.4 Å². The number of anilines is 1. The standard InChI is InChI=1S/C29H30N6O2/c1-33(14-12-21-7-4-3-5-8-21)29-30-18-24(28-31-27(32-35(28)29)26-9-6-16-37-26)20-34-15-13-22-10-11-25(36-2)17-23(22)19-34/h3-11,16-18H,12-15,19-20H2,1-2H3. The SMILES string of the molecule is COc1ccc2c(c1)CN(Cc1cnc(N(C)CCc3ccccc3)n3nc(-c4ccco4)nc13)CC2. The molecule has 8 nitrogen and oxygen atoms in total. The van der Waals surface area contributed by atoms with Gasteiger partial charge in [0.2, 0.25) is 11.8 Å². The first-order chi connectivity index (χ1) is 18.2. The van der Waals surface area contributed by atoms with Crippen molar-refractivity contribution in [3.63, 3.8) is 0 Å². The van der Waals surface area contributed by atoms with E-state index in [4.69, 9.17) is 24.2 Å². The van der Waals surface area contributed by atoms with E-state index >= 15 is 0 Å². The third kappa shape index (κ3) is 4.80. The molecule has 0 radical (unpaired) electrons. The van der Waals surface area contributed by atoms with Gasteiger partial charge in [-0.1, -0.05) is 36.4 Å². The van der Waals surface area contributed by atoms with E-state index in [2.05, 4.69) is 46.2 Å². The van der Waals surface area contributed by atoms with Gasteiger partial charge in [0, 0.05) is 45.0 Å². The molecular weight excluding hydrogens is 464 g/mol. The van der Waals surface area contributed by atoms with E-state index in [1.54, 1.807) is 13.4 Å². The van der Waals surface area contributed by atoms with Gasteiger partial charge in [0.1, 0.15) is 5.75 Å².